The van der Waals surface area contributed by atoms with Crippen LogP contribution >= 0.6 is 0 Å². The van der Waals surface area contributed by atoms with E-state index in [2.05, 4.69) is 0 Å². The fourth-order valence-electron chi connectivity index (χ4n) is 2.18. The molecule has 0 aliphatic carbocycles. The Morgan fingerprint density at radius 2 is 2.15 bits per heavy atom. The number of carbonyl (C=O) groups is 1. The first kappa shape index (κ1) is 14.8. The number of aliphatic hydroxyl groups is 1. The highest BCUT2D eigenvalue weighted by atomic mass is 16.5. The number of ketones is 1. The van der Waals surface area contributed by atoms with Crippen LogP contribution in [0.15, 0.2) is 18.2 Å². The van der Waals surface area contributed by atoms with E-state index in [1.807, 2.05) is 11.8 Å². The number of benzene rings is 1. The Hall–Kier alpha value is -1.63. The van der Waals surface area contributed by atoms with Crippen LogP contribution in [0.1, 0.15) is 17.3 Å². The van der Waals surface area contributed by atoms with E-state index in [9.17, 15) is 15.0 Å². The number of phenolic OH excluding ortho intramolecular Hbond substituents is 2. The van der Waals surface area contributed by atoms with Gasteiger partial charge < -0.3 is 20.1 Å². The van der Waals surface area contributed by atoms with Crippen molar-refractivity contribution in [2.24, 2.45) is 0 Å². The van der Waals surface area contributed by atoms with Crippen LogP contribution in [0, 0.1) is 0 Å². The zero-order valence-corrected chi connectivity index (χ0v) is 11.3. The molecule has 0 aromatic heterocycles. The average molecular weight is 281 g/mol. The van der Waals surface area contributed by atoms with Gasteiger partial charge in [0.25, 0.3) is 0 Å². The summed E-state index contributed by atoms with van der Waals surface area (Å²) < 4.78 is 5.42. The van der Waals surface area contributed by atoms with Gasteiger partial charge in [-0.2, -0.15) is 0 Å². The van der Waals surface area contributed by atoms with E-state index in [0.717, 1.165) is 0 Å². The topological polar surface area (TPSA) is 90.2 Å². The maximum absolute atomic E-state index is 12.2. The minimum absolute atomic E-state index is 0.0720. The zero-order chi connectivity index (χ0) is 14.7. The van der Waals surface area contributed by atoms with E-state index >= 15 is 0 Å². The summed E-state index contributed by atoms with van der Waals surface area (Å²) >= 11 is 0. The van der Waals surface area contributed by atoms with Gasteiger partial charge in [-0.15, -0.1) is 0 Å². The van der Waals surface area contributed by atoms with Gasteiger partial charge in [-0.25, -0.2) is 0 Å². The summed E-state index contributed by atoms with van der Waals surface area (Å²) in [7, 11) is 0. The predicted octanol–water partition coefficient (Wildman–Crippen LogP) is 0.362. The molecule has 1 aromatic carbocycles. The summed E-state index contributed by atoms with van der Waals surface area (Å²) in [6.45, 7) is 3.03. The Bertz CT molecular complexity index is 490. The SMILES string of the molecule is CC1COC(CO)CN1CC(=O)c1ccc(O)c(O)c1. The molecule has 1 heterocycles. The largest absolute Gasteiger partial charge is 0.504 e. The average Bonchev–Trinajstić information content (AvgIpc) is 2.44. The van der Waals surface area contributed by atoms with Gasteiger partial charge in [0.2, 0.25) is 0 Å². The van der Waals surface area contributed by atoms with E-state index in [-0.39, 0.29) is 42.6 Å². The molecule has 0 saturated carbocycles. The minimum atomic E-state index is -0.306. The van der Waals surface area contributed by atoms with Gasteiger partial charge in [-0.3, -0.25) is 9.69 Å². The van der Waals surface area contributed by atoms with Gasteiger partial charge in [0.05, 0.1) is 25.9 Å². The molecule has 1 aromatic rings. The lowest BCUT2D eigenvalue weighted by molar-refractivity contribution is -0.0747. The maximum Gasteiger partial charge on any atom is 0.176 e. The van der Waals surface area contributed by atoms with Crippen LogP contribution < -0.4 is 0 Å². The molecule has 0 spiro atoms. The second-order valence-electron chi connectivity index (χ2n) is 5.04. The number of phenols is 2. The summed E-state index contributed by atoms with van der Waals surface area (Å²) in [4.78, 5) is 14.1. The number of rotatable bonds is 4. The zero-order valence-electron chi connectivity index (χ0n) is 11.3. The summed E-state index contributed by atoms with van der Waals surface area (Å²) in [5, 5.41) is 27.8. The quantitative estimate of drug-likeness (QED) is 0.545. The van der Waals surface area contributed by atoms with Crippen molar-refractivity contribution in [2.75, 3.05) is 26.3 Å². The molecule has 0 amide bonds. The smallest absolute Gasteiger partial charge is 0.176 e. The third kappa shape index (κ3) is 3.27. The number of nitrogens with zero attached hydrogens (tertiary/aromatic N) is 1. The molecule has 20 heavy (non-hydrogen) atoms. The molecule has 3 N–H and O–H groups in total. The molecule has 6 heteroatoms. The Morgan fingerprint density at radius 1 is 1.40 bits per heavy atom. The highest BCUT2D eigenvalue weighted by Gasteiger charge is 2.27. The fraction of sp³-hybridized carbons (Fsp3) is 0.500. The van der Waals surface area contributed by atoms with Crippen molar-refractivity contribution in [3.05, 3.63) is 23.8 Å². The minimum Gasteiger partial charge on any atom is -0.504 e. The van der Waals surface area contributed by atoms with Crippen LogP contribution in [0.4, 0.5) is 0 Å². The summed E-state index contributed by atoms with van der Waals surface area (Å²) in [6, 6.07) is 4.12. The lowest BCUT2D eigenvalue weighted by Crippen LogP contribution is -2.51. The van der Waals surface area contributed by atoms with Gasteiger partial charge in [0.1, 0.15) is 0 Å². The Labute approximate surface area is 117 Å². The third-order valence-corrected chi connectivity index (χ3v) is 3.48. The number of aliphatic hydroxyl groups excluding tert-OH is 1. The number of aromatic hydroxyl groups is 2. The second-order valence-corrected chi connectivity index (χ2v) is 5.04. The second kappa shape index (κ2) is 6.21. The summed E-state index contributed by atoms with van der Waals surface area (Å²) in [5.41, 5.74) is 0.347. The molecule has 2 atom stereocenters. The van der Waals surface area contributed by atoms with Crippen molar-refractivity contribution in [1.29, 1.82) is 0 Å². The molecule has 6 nitrogen and oxygen atoms in total. The van der Waals surface area contributed by atoms with E-state index < -0.39 is 0 Å². The van der Waals surface area contributed by atoms with Crippen molar-refractivity contribution in [2.45, 2.75) is 19.1 Å². The number of carbonyl (C=O) groups excluding carboxylic acids is 1. The monoisotopic (exact) mass is 281 g/mol. The molecule has 110 valence electrons. The van der Waals surface area contributed by atoms with Crippen LogP contribution in [-0.4, -0.2) is 64.5 Å². The van der Waals surface area contributed by atoms with E-state index in [1.165, 1.54) is 18.2 Å². The Balaban J connectivity index is 2.04. The van der Waals surface area contributed by atoms with Crippen molar-refractivity contribution >= 4 is 5.78 Å². The Morgan fingerprint density at radius 3 is 2.80 bits per heavy atom. The van der Waals surface area contributed by atoms with Gasteiger partial charge in [-0.05, 0) is 25.1 Å². The number of Topliss-reactive ketones (excluding diaryl/α,β-unsaturated/α-hetero) is 1. The molecule has 1 aliphatic heterocycles. The van der Waals surface area contributed by atoms with Crippen LogP contribution in [0.25, 0.3) is 0 Å². The molecule has 2 unspecified atom stereocenters. The highest BCUT2D eigenvalue weighted by molar-refractivity contribution is 5.98. The molecule has 1 fully saturated rings. The first-order chi connectivity index (χ1) is 9.51. The van der Waals surface area contributed by atoms with Crippen LogP contribution in [0.5, 0.6) is 11.5 Å². The molecule has 1 saturated heterocycles. The van der Waals surface area contributed by atoms with Gasteiger partial charge in [0.15, 0.2) is 17.3 Å². The molecule has 0 radical (unpaired) electrons. The van der Waals surface area contributed by atoms with Crippen molar-refractivity contribution < 1.29 is 24.9 Å². The molecule has 0 bridgehead atoms. The number of hydrogen-bond donors (Lipinski definition) is 3. The molecular weight excluding hydrogens is 262 g/mol. The number of morpholine rings is 1. The molecular formula is C14H19NO5. The molecule has 1 aliphatic rings. The summed E-state index contributed by atoms with van der Waals surface area (Å²) in [5.74, 6) is -0.702. The van der Waals surface area contributed by atoms with Gasteiger partial charge >= 0.3 is 0 Å². The van der Waals surface area contributed by atoms with Crippen molar-refractivity contribution in [1.82, 2.24) is 4.90 Å². The molecule has 2 rings (SSSR count). The first-order valence-corrected chi connectivity index (χ1v) is 6.53. The van der Waals surface area contributed by atoms with Gasteiger partial charge in [0, 0.05) is 18.2 Å². The fourth-order valence-corrected chi connectivity index (χ4v) is 2.18. The van der Waals surface area contributed by atoms with E-state index in [1.54, 1.807) is 0 Å². The van der Waals surface area contributed by atoms with Crippen LogP contribution in [0.3, 0.4) is 0 Å². The van der Waals surface area contributed by atoms with E-state index in [0.29, 0.717) is 18.7 Å². The van der Waals surface area contributed by atoms with E-state index in [4.69, 9.17) is 9.84 Å². The van der Waals surface area contributed by atoms with Crippen LogP contribution in [-0.2, 0) is 4.74 Å². The van der Waals surface area contributed by atoms with Crippen molar-refractivity contribution in [3.63, 3.8) is 0 Å². The highest BCUT2D eigenvalue weighted by Crippen LogP contribution is 2.25. The standard InChI is InChI=1S/C14H19NO5/c1-9-8-20-11(7-16)5-15(9)6-14(19)10-2-3-12(17)13(18)4-10/h2-4,9,11,16-18H,5-8H2,1H3. The van der Waals surface area contributed by atoms with Crippen molar-refractivity contribution in [3.8, 4) is 11.5 Å². The maximum atomic E-state index is 12.2. The third-order valence-electron chi connectivity index (χ3n) is 3.48. The lowest BCUT2D eigenvalue weighted by Gasteiger charge is -2.36. The normalized spacial score (nSPS) is 23.7. The first-order valence-electron chi connectivity index (χ1n) is 6.53. The summed E-state index contributed by atoms with van der Waals surface area (Å²) in [6.07, 6.45) is -0.271. The number of hydrogen-bond acceptors (Lipinski definition) is 6. The Kier molecular flexibility index (Phi) is 4.59. The lowest BCUT2D eigenvalue weighted by atomic mass is 10.1. The number of ether oxygens (including phenoxy) is 1. The van der Waals surface area contributed by atoms with Gasteiger partial charge in [-0.1, -0.05) is 0 Å². The van der Waals surface area contributed by atoms with Crippen LogP contribution in [0.2, 0.25) is 0 Å². The predicted molar refractivity (Wildman–Crippen MR) is 72.0 cm³/mol.